The normalized spacial score (nSPS) is 12.1. The molecule has 1 aromatic heterocycles. The number of hydrogen-bond acceptors (Lipinski definition) is 3. The molecule has 0 fully saturated rings. The van der Waals surface area contributed by atoms with E-state index in [0.29, 0.717) is 12.3 Å². The molecule has 1 N–H and O–H groups in total. The number of alkyl halides is 3. The van der Waals surface area contributed by atoms with Crippen molar-refractivity contribution in [3.05, 3.63) is 23.2 Å². The summed E-state index contributed by atoms with van der Waals surface area (Å²) in [5, 5.41) is 3.12. The zero-order valence-electron chi connectivity index (χ0n) is 10.6. The molecule has 0 saturated heterocycles. The van der Waals surface area contributed by atoms with Gasteiger partial charge in [0.1, 0.15) is 18.1 Å². The van der Waals surface area contributed by atoms with Crippen LogP contribution in [0.3, 0.4) is 0 Å². The van der Waals surface area contributed by atoms with E-state index in [-0.39, 0.29) is 13.2 Å². The standard InChI is InChI=1S/C12H18F3NO2/c1-3-16-7-11-9(2)6-10(18-11)8-17-5-4-12(13,14)15/h6,16H,3-5,7-8H2,1-2H3. The molecule has 0 bridgehead atoms. The number of rotatable bonds is 7. The molecule has 1 rings (SSSR count). The Bertz CT molecular complexity index is 361. The predicted molar refractivity (Wildman–Crippen MR) is 61.2 cm³/mol. The lowest BCUT2D eigenvalue weighted by Crippen LogP contribution is -2.11. The number of halogens is 3. The van der Waals surface area contributed by atoms with Crippen molar-refractivity contribution >= 4 is 0 Å². The molecule has 0 aliphatic rings. The number of furan rings is 1. The summed E-state index contributed by atoms with van der Waals surface area (Å²) in [6.45, 7) is 5.06. The fraction of sp³-hybridized carbons (Fsp3) is 0.667. The van der Waals surface area contributed by atoms with Crippen molar-refractivity contribution in [2.75, 3.05) is 13.2 Å². The first kappa shape index (κ1) is 15.0. The minimum absolute atomic E-state index is 0.0725. The van der Waals surface area contributed by atoms with Gasteiger partial charge in [-0.1, -0.05) is 6.92 Å². The molecule has 0 spiro atoms. The topological polar surface area (TPSA) is 34.4 Å². The highest BCUT2D eigenvalue weighted by molar-refractivity contribution is 5.19. The summed E-state index contributed by atoms with van der Waals surface area (Å²) >= 11 is 0. The van der Waals surface area contributed by atoms with Gasteiger partial charge in [0.25, 0.3) is 0 Å². The third-order valence-electron chi connectivity index (χ3n) is 2.38. The Hall–Kier alpha value is -1.01. The summed E-state index contributed by atoms with van der Waals surface area (Å²) in [5.41, 5.74) is 0.977. The van der Waals surface area contributed by atoms with Gasteiger partial charge in [0.15, 0.2) is 0 Å². The monoisotopic (exact) mass is 265 g/mol. The quantitative estimate of drug-likeness (QED) is 0.769. The molecule has 0 saturated carbocycles. The smallest absolute Gasteiger partial charge is 0.391 e. The Morgan fingerprint density at radius 3 is 2.72 bits per heavy atom. The summed E-state index contributed by atoms with van der Waals surface area (Å²) in [7, 11) is 0. The van der Waals surface area contributed by atoms with Crippen LogP contribution in [-0.2, 0) is 17.9 Å². The maximum Gasteiger partial charge on any atom is 0.391 e. The van der Waals surface area contributed by atoms with Crippen LogP contribution in [0.1, 0.15) is 30.4 Å². The Labute approximate surface area is 104 Å². The number of hydrogen-bond donors (Lipinski definition) is 1. The van der Waals surface area contributed by atoms with Crippen molar-refractivity contribution in [3.8, 4) is 0 Å². The summed E-state index contributed by atoms with van der Waals surface area (Å²) in [6.07, 6.45) is -5.10. The molecule has 1 aromatic rings. The van der Waals surface area contributed by atoms with Crippen LogP contribution in [0.5, 0.6) is 0 Å². The summed E-state index contributed by atoms with van der Waals surface area (Å²) in [6, 6.07) is 1.79. The van der Waals surface area contributed by atoms with Crippen LogP contribution >= 0.6 is 0 Å². The first-order chi connectivity index (χ1) is 8.42. The Balaban J connectivity index is 2.34. The van der Waals surface area contributed by atoms with Crippen molar-refractivity contribution in [2.24, 2.45) is 0 Å². The summed E-state index contributed by atoms with van der Waals surface area (Å²) < 4.78 is 46.0. The van der Waals surface area contributed by atoms with Crippen molar-refractivity contribution in [1.82, 2.24) is 5.32 Å². The van der Waals surface area contributed by atoms with E-state index in [4.69, 9.17) is 9.15 Å². The van der Waals surface area contributed by atoms with Gasteiger partial charge in [-0.2, -0.15) is 13.2 Å². The fourth-order valence-corrected chi connectivity index (χ4v) is 1.44. The molecule has 0 aliphatic carbocycles. The minimum Gasteiger partial charge on any atom is -0.462 e. The molecule has 0 unspecified atom stereocenters. The number of aryl methyl sites for hydroxylation is 1. The lowest BCUT2D eigenvalue weighted by molar-refractivity contribution is -0.146. The maximum atomic E-state index is 11.9. The lowest BCUT2D eigenvalue weighted by Gasteiger charge is -2.05. The first-order valence-electron chi connectivity index (χ1n) is 5.85. The van der Waals surface area contributed by atoms with E-state index in [2.05, 4.69) is 5.32 Å². The molecule has 0 aromatic carbocycles. The van der Waals surface area contributed by atoms with E-state index in [9.17, 15) is 13.2 Å². The van der Waals surface area contributed by atoms with Crippen LogP contribution in [0.2, 0.25) is 0 Å². The van der Waals surface area contributed by atoms with E-state index in [1.165, 1.54) is 0 Å². The van der Waals surface area contributed by atoms with Crippen LogP contribution in [-0.4, -0.2) is 19.3 Å². The highest BCUT2D eigenvalue weighted by Crippen LogP contribution is 2.20. The average molecular weight is 265 g/mol. The van der Waals surface area contributed by atoms with E-state index in [0.717, 1.165) is 17.9 Å². The van der Waals surface area contributed by atoms with E-state index < -0.39 is 12.6 Å². The van der Waals surface area contributed by atoms with E-state index in [1.54, 1.807) is 6.07 Å². The molecule has 0 amide bonds. The van der Waals surface area contributed by atoms with Gasteiger partial charge in [-0.3, -0.25) is 0 Å². The average Bonchev–Trinajstić information content (AvgIpc) is 2.61. The van der Waals surface area contributed by atoms with Gasteiger partial charge in [-0.15, -0.1) is 0 Å². The Morgan fingerprint density at radius 2 is 2.11 bits per heavy atom. The highest BCUT2D eigenvalue weighted by atomic mass is 19.4. The molecular formula is C12H18F3NO2. The lowest BCUT2D eigenvalue weighted by atomic mass is 10.2. The molecule has 1 heterocycles. The maximum absolute atomic E-state index is 11.9. The molecule has 3 nitrogen and oxygen atoms in total. The first-order valence-corrected chi connectivity index (χ1v) is 5.85. The molecule has 6 heteroatoms. The van der Waals surface area contributed by atoms with Crippen LogP contribution < -0.4 is 5.32 Å². The van der Waals surface area contributed by atoms with Crippen molar-refractivity contribution < 1.29 is 22.3 Å². The second kappa shape index (κ2) is 6.80. The van der Waals surface area contributed by atoms with Crippen LogP contribution in [0.15, 0.2) is 10.5 Å². The highest BCUT2D eigenvalue weighted by Gasteiger charge is 2.26. The van der Waals surface area contributed by atoms with E-state index in [1.807, 2.05) is 13.8 Å². The Morgan fingerprint density at radius 1 is 1.39 bits per heavy atom. The molecule has 0 aliphatic heterocycles. The zero-order chi connectivity index (χ0) is 13.6. The second-order valence-corrected chi connectivity index (χ2v) is 4.02. The van der Waals surface area contributed by atoms with Crippen LogP contribution in [0.25, 0.3) is 0 Å². The van der Waals surface area contributed by atoms with Gasteiger partial charge in [-0.05, 0) is 25.1 Å². The summed E-state index contributed by atoms with van der Waals surface area (Å²) in [4.78, 5) is 0. The van der Waals surface area contributed by atoms with Gasteiger partial charge in [-0.25, -0.2) is 0 Å². The zero-order valence-corrected chi connectivity index (χ0v) is 10.6. The fourth-order valence-electron chi connectivity index (χ4n) is 1.44. The third-order valence-corrected chi connectivity index (χ3v) is 2.38. The molecule has 0 radical (unpaired) electrons. The predicted octanol–water partition coefficient (Wildman–Crippen LogP) is 3.17. The minimum atomic E-state index is -4.17. The number of ether oxygens (including phenoxy) is 1. The molecular weight excluding hydrogens is 247 g/mol. The van der Waals surface area contributed by atoms with Gasteiger partial charge in [0.2, 0.25) is 0 Å². The van der Waals surface area contributed by atoms with Crippen molar-refractivity contribution in [2.45, 2.75) is 39.6 Å². The van der Waals surface area contributed by atoms with E-state index >= 15 is 0 Å². The molecule has 0 atom stereocenters. The summed E-state index contributed by atoms with van der Waals surface area (Å²) in [5.74, 6) is 1.36. The van der Waals surface area contributed by atoms with Gasteiger partial charge in [0.05, 0.1) is 19.6 Å². The van der Waals surface area contributed by atoms with Gasteiger partial charge < -0.3 is 14.5 Å². The van der Waals surface area contributed by atoms with Crippen LogP contribution in [0.4, 0.5) is 13.2 Å². The SMILES string of the molecule is CCNCc1oc(COCCC(F)(F)F)cc1C. The van der Waals surface area contributed by atoms with Crippen LogP contribution in [0, 0.1) is 6.92 Å². The van der Waals surface area contributed by atoms with Crippen molar-refractivity contribution in [1.29, 1.82) is 0 Å². The second-order valence-electron chi connectivity index (χ2n) is 4.02. The number of nitrogens with one attached hydrogen (secondary N) is 1. The van der Waals surface area contributed by atoms with Gasteiger partial charge in [0, 0.05) is 0 Å². The molecule has 104 valence electrons. The Kier molecular flexibility index (Phi) is 5.68. The van der Waals surface area contributed by atoms with Gasteiger partial charge >= 0.3 is 6.18 Å². The third kappa shape index (κ3) is 5.55. The largest absolute Gasteiger partial charge is 0.462 e. The van der Waals surface area contributed by atoms with Crippen molar-refractivity contribution in [3.63, 3.8) is 0 Å². The molecule has 18 heavy (non-hydrogen) atoms.